The highest BCUT2D eigenvalue weighted by atomic mass is 19.1. The number of aromatic nitrogens is 2. The van der Waals surface area contributed by atoms with Crippen molar-refractivity contribution in [2.75, 3.05) is 5.43 Å². The van der Waals surface area contributed by atoms with Gasteiger partial charge in [-0.05, 0) is 30.3 Å². The molecule has 96 valence electrons. The van der Waals surface area contributed by atoms with Crippen molar-refractivity contribution in [3.05, 3.63) is 48.3 Å². The second-order valence-electron chi connectivity index (χ2n) is 4.32. The number of nitrogens with zero attached hydrogens (tertiary/aromatic N) is 2. The topological polar surface area (TPSA) is 55.9 Å². The molecule has 0 amide bonds. The molecule has 0 aliphatic heterocycles. The Labute approximate surface area is 109 Å². The number of fused-ring (bicyclic) bond motifs is 1. The molecule has 1 heterocycles. The van der Waals surface area contributed by atoms with Gasteiger partial charge in [0.15, 0.2) is 0 Å². The van der Waals surface area contributed by atoms with Gasteiger partial charge in [0, 0.05) is 7.05 Å². The first-order chi connectivity index (χ1) is 9.20. The van der Waals surface area contributed by atoms with Gasteiger partial charge in [0.2, 0.25) is 0 Å². The quantitative estimate of drug-likeness (QED) is 0.547. The van der Waals surface area contributed by atoms with E-state index in [1.807, 2.05) is 29.8 Å². The summed E-state index contributed by atoms with van der Waals surface area (Å²) in [6, 6.07) is 12.2. The zero-order valence-electron chi connectivity index (χ0n) is 10.4. The maximum atomic E-state index is 13.8. The number of benzene rings is 2. The number of nitrogen functional groups attached to an aromatic ring is 1. The minimum Gasteiger partial charge on any atom is -0.327 e. The van der Waals surface area contributed by atoms with Crippen LogP contribution in [0.3, 0.4) is 0 Å². The lowest BCUT2D eigenvalue weighted by molar-refractivity contribution is 0.629. The third-order valence-electron chi connectivity index (χ3n) is 3.16. The molecule has 4 nitrogen and oxygen atoms in total. The zero-order chi connectivity index (χ0) is 13.4. The zero-order valence-corrected chi connectivity index (χ0v) is 10.4. The van der Waals surface area contributed by atoms with Crippen molar-refractivity contribution in [2.24, 2.45) is 12.9 Å². The van der Waals surface area contributed by atoms with Crippen LogP contribution in [0.15, 0.2) is 42.5 Å². The summed E-state index contributed by atoms with van der Waals surface area (Å²) >= 11 is 0. The lowest BCUT2D eigenvalue weighted by atomic mass is 10.2. The summed E-state index contributed by atoms with van der Waals surface area (Å²) in [6.45, 7) is 0. The second-order valence-corrected chi connectivity index (χ2v) is 4.32. The van der Waals surface area contributed by atoms with Gasteiger partial charge in [-0.1, -0.05) is 12.1 Å². The van der Waals surface area contributed by atoms with E-state index in [-0.39, 0.29) is 5.82 Å². The number of nitrogens with two attached hydrogens (primary N) is 1. The third kappa shape index (κ3) is 1.84. The SMILES string of the molecule is Cn1c(-c2ccccc2F)nc2cc(NN)ccc21. The minimum atomic E-state index is -0.280. The standard InChI is InChI=1S/C14H13FN4/c1-19-13-7-6-9(18-16)8-12(13)17-14(19)10-4-2-3-5-11(10)15/h2-8,18H,16H2,1H3. The Morgan fingerprint density at radius 3 is 2.74 bits per heavy atom. The summed E-state index contributed by atoms with van der Waals surface area (Å²) in [4.78, 5) is 4.48. The number of rotatable bonds is 2. The van der Waals surface area contributed by atoms with Crippen molar-refractivity contribution < 1.29 is 4.39 Å². The summed E-state index contributed by atoms with van der Waals surface area (Å²) in [5, 5.41) is 0. The predicted molar refractivity (Wildman–Crippen MR) is 73.9 cm³/mol. The van der Waals surface area contributed by atoms with Crippen LogP contribution in [0.4, 0.5) is 10.1 Å². The number of halogens is 1. The monoisotopic (exact) mass is 256 g/mol. The Bertz CT molecular complexity index is 748. The molecule has 19 heavy (non-hydrogen) atoms. The molecule has 0 saturated carbocycles. The second kappa shape index (κ2) is 4.37. The van der Waals surface area contributed by atoms with Crippen molar-refractivity contribution in [1.29, 1.82) is 0 Å². The number of hydrazine groups is 1. The minimum absolute atomic E-state index is 0.280. The predicted octanol–water partition coefficient (Wildman–Crippen LogP) is 2.67. The number of imidazole rings is 1. The Morgan fingerprint density at radius 1 is 1.21 bits per heavy atom. The normalized spacial score (nSPS) is 10.9. The van der Waals surface area contributed by atoms with Crippen molar-refractivity contribution >= 4 is 16.7 Å². The van der Waals surface area contributed by atoms with Gasteiger partial charge in [-0.2, -0.15) is 0 Å². The largest absolute Gasteiger partial charge is 0.327 e. The van der Waals surface area contributed by atoms with E-state index >= 15 is 0 Å². The molecule has 5 heteroatoms. The summed E-state index contributed by atoms with van der Waals surface area (Å²) in [7, 11) is 1.87. The van der Waals surface area contributed by atoms with Gasteiger partial charge in [0.1, 0.15) is 11.6 Å². The van der Waals surface area contributed by atoms with E-state index in [4.69, 9.17) is 5.84 Å². The van der Waals surface area contributed by atoms with Crippen LogP contribution in [-0.4, -0.2) is 9.55 Å². The van der Waals surface area contributed by atoms with Crippen molar-refractivity contribution in [3.8, 4) is 11.4 Å². The van der Waals surface area contributed by atoms with E-state index in [1.54, 1.807) is 18.2 Å². The molecule has 1 aromatic heterocycles. The molecule has 0 aliphatic carbocycles. The number of anilines is 1. The van der Waals surface area contributed by atoms with E-state index in [0.717, 1.165) is 16.7 Å². The number of aryl methyl sites for hydroxylation is 1. The molecule has 0 atom stereocenters. The number of hydrogen-bond acceptors (Lipinski definition) is 3. The van der Waals surface area contributed by atoms with E-state index in [0.29, 0.717) is 11.4 Å². The van der Waals surface area contributed by atoms with Crippen LogP contribution in [0.5, 0.6) is 0 Å². The Hall–Kier alpha value is -2.40. The third-order valence-corrected chi connectivity index (χ3v) is 3.16. The van der Waals surface area contributed by atoms with Gasteiger partial charge in [0.25, 0.3) is 0 Å². The lowest BCUT2D eigenvalue weighted by Crippen LogP contribution is -2.06. The van der Waals surface area contributed by atoms with Crippen LogP contribution < -0.4 is 11.3 Å². The van der Waals surface area contributed by atoms with Crippen LogP contribution in [-0.2, 0) is 7.05 Å². The maximum Gasteiger partial charge on any atom is 0.143 e. The molecule has 0 radical (unpaired) electrons. The Balaban J connectivity index is 2.25. The molecular formula is C14H13FN4. The summed E-state index contributed by atoms with van der Waals surface area (Å²) in [6.07, 6.45) is 0. The smallest absolute Gasteiger partial charge is 0.143 e. The van der Waals surface area contributed by atoms with Gasteiger partial charge < -0.3 is 9.99 Å². The summed E-state index contributed by atoms with van der Waals surface area (Å²) < 4.78 is 15.7. The Morgan fingerprint density at radius 2 is 2.00 bits per heavy atom. The fourth-order valence-corrected chi connectivity index (χ4v) is 2.17. The average Bonchev–Trinajstić information content (AvgIpc) is 2.76. The van der Waals surface area contributed by atoms with E-state index in [1.165, 1.54) is 6.07 Å². The van der Waals surface area contributed by atoms with Crippen molar-refractivity contribution in [3.63, 3.8) is 0 Å². The average molecular weight is 256 g/mol. The van der Waals surface area contributed by atoms with Crippen LogP contribution in [0, 0.1) is 5.82 Å². The molecule has 0 fully saturated rings. The van der Waals surface area contributed by atoms with Gasteiger partial charge in [-0.3, -0.25) is 5.84 Å². The lowest BCUT2D eigenvalue weighted by Gasteiger charge is -2.03. The molecule has 0 aliphatic rings. The number of hydrogen-bond donors (Lipinski definition) is 2. The Kier molecular flexibility index (Phi) is 2.68. The highest BCUT2D eigenvalue weighted by Gasteiger charge is 2.13. The fraction of sp³-hybridized carbons (Fsp3) is 0.0714. The summed E-state index contributed by atoms with van der Waals surface area (Å²) in [5.74, 6) is 5.70. The highest BCUT2D eigenvalue weighted by molar-refractivity contribution is 5.83. The molecule has 0 unspecified atom stereocenters. The van der Waals surface area contributed by atoms with Crippen LogP contribution in [0.25, 0.3) is 22.4 Å². The van der Waals surface area contributed by atoms with Crippen molar-refractivity contribution in [2.45, 2.75) is 0 Å². The van der Waals surface area contributed by atoms with Crippen LogP contribution in [0.2, 0.25) is 0 Å². The molecule has 0 spiro atoms. The van der Waals surface area contributed by atoms with Crippen LogP contribution >= 0.6 is 0 Å². The first-order valence-corrected chi connectivity index (χ1v) is 5.88. The maximum absolute atomic E-state index is 13.8. The molecule has 3 aromatic rings. The van der Waals surface area contributed by atoms with Crippen LogP contribution in [0.1, 0.15) is 0 Å². The van der Waals surface area contributed by atoms with Gasteiger partial charge in [0.05, 0.1) is 22.3 Å². The van der Waals surface area contributed by atoms with Gasteiger partial charge >= 0.3 is 0 Å². The molecule has 2 aromatic carbocycles. The summed E-state index contributed by atoms with van der Waals surface area (Å²) in [5.41, 5.74) is 5.54. The first-order valence-electron chi connectivity index (χ1n) is 5.88. The van der Waals surface area contributed by atoms with E-state index in [2.05, 4.69) is 10.4 Å². The molecule has 3 rings (SSSR count). The molecule has 0 bridgehead atoms. The van der Waals surface area contributed by atoms with Crippen molar-refractivity contribution in [1.82, 2.24) is 9.55 Å². The van der Waals surface area contributed by atoms with Gasteiger partial charge in [-0.25, -0.2) is 9.37 Å². The molecule has 3 N–H and O–H groups in total. The molecular weight excluding hydrogens is 243 g/mol. The fourth-order valence-electron chi connectivity index (χ4n) is 2.17. The van der Waals surface area contributed by atoms with E-state index < -0.39 is 0 Å². The highest BCUT2D eigenvalue weighted by Crippen LogP contribution is 2.26. The molecule has 0 saturated heterocycles. The number of nitrogens with one attached hydrogen (secondary N) is 1. The van der Waals surface area contributed by atoms with Gasteiger partial charge in [-0.15, -0.1) is 0 Å². The van der Waals surface area contributed by atoms with E-state index in [9.17, 15) is 4.39 Å². The first kappa shape index (κ1) is 11.7.